The maximum absolute atomic E-state index is 13.4. The van der Waals surface area contributed by atoms with Crippen molar-refractivity contribution < 1.29 is 53.8 Å². The summed E-state index contributed by atoms with van der Waals surface area (Å²) in [6, 6.07) is 4.98. The topological polar surface area (TPSA) is 283 Å². The number of nitro groups is 1. The van der Waals surface area contributed by atoms with Crippen molar-refractivity contribution in [2.75, 3.05) is 5.32 Å². The molecule has 0 heterocycles. The molecule has 18 nitrogen and oxygen atoms in total. The third-order valence-corrected chi connectivity index (χ3v) is 6.95. The van der Waals surface area contributed by atoms with Crippen LogP contribution >= 0.6 is 0 Å². The highest BCUT2D eigenvalue weighted by Crippen LogP contribution is 2.16. The number of carbonyl (C=O) groups excluding carboxylic acids is 5. The van der Waals surface area contributed by atoms with Crippen LogP contribution < -0.4 is 26.6 Å². The fourth-order valence-electron chi connectivity index (χ4n) is 4.30. The number of benzene rings is 2. The number of carboxylic acid groups (broad SMARTS) is 2. The normalized spacial score (nSPS) is 13.1. The molecule has 2 aromatic carbocycles. The molecule has 5 amide bonds. The number of aromatic hydroxyl groups is 1. The standard InChI is InChI=1S/C31H38N6O12/c1-16(2)27(36-30(46)22(34-24(39)12-13-25(40)41)14-18-4-10-21(38)11-5-18)31(47)32-17(3)28(44)35-23(15-26(42)43)29(45)33-19-6-8-20(9-7-19)37(48)49/h4-11,16-17,22-23,27,38H,12-15H2,1-3H3,(H,32,47)(H,33,45)(H,34,39)(H,35,44)(H,36,46)(H,40,41)(H,42,43)/t17-,22+,23-,27+/m0/s1. The van der Waals surface area contributed by atoms with Crippen molar-refractivity contribution in [2.45, 2.75) is 70.6 Å². The Hall–Kier alpha value is -6.07. The first-order valence-corrected chi connectivity index (χ1v) is 14.9. The second-order valence-electron chi connectivity index (χ2n) is 11.3. The summed E-state index contributed by atoms with van der Waals surface area (Å²) in [6.45, 7) is 4.46. The Morgan fingerprint density at radius 2 is 1.33 bits per heavy atom. The van der Waals surface area contributed by atoms with E-state index in [1.54, 1.807) is 13.8 Å². The molecule has 0 spiro atoms. The van der Waals surface area contributed by atoms with Gasteiger partial charge in [-0.3, -0.25) is 43.7 Å². The van der Waals surface area contributed by atoms with Crippen LogP contribution in [0.2, 0.25) is 0 Å². The third-order valence-electron chi connectivity index (χ3n) is 6.95. The van der Waals surface area contributed by atoms with Gasteiger partial charge in [-0.25, -0.2) is 0 Å². The second kappa shape index (κ2) is 18.3. The van der Waals surface area contributed by atoms with Gasteiger partial charge in [-0.15, -0.1) is 0 Å². The lowest BCUT2D eigenvalue weighted by Crippen LogP contribution is -2.59. The predicted molar refractivity (Wildman–Crippen MR) is 171 cm³/mol. The minimum Gasteiger partial charge on any atom is -0.508 e. The molecular formula is C31H38N6O12. The van der Waals surface area contributed by atoms with Crippen LogP contribution in [0.1, 0.15) is 45.6 Å². The lowest BCUT2D eigenvalue weighted by Gasteiger charge is -2.27. The third kappa shape index (κ3) is 13.3. The van der Waals surface area contributed by atoms with Crippen LogP contribution in [0.5, 0.6) is 5.75 Å². The van der Waals surface area contributed by atoms with Gasteiger partial charge in [-0.1, -0.05) is 26.0 Å². The van der Waals surface area contributed by atoms with Crippen molar-refractivity contribution in [1.29, 1.82) is 0 Å². The molecule has 0 aliphatic rings. The Labute approximate surface area is 279 Å². The van der Waals surface area contributed by atoms with Crippen molar-refractivity contribution >= 4 is 52.8 Å². The fourth-order valence-corrected chi connectivity index (χ4v) is 4.30. The van der Waals surface area contributed by atoms with E-state index < -0.39 is 95.7 Å². The van der Waals surface area contributed by atoms with Crippen LogP contribution in [0.15, 0.2) is 48.5 Å². The van der Waals surface area contributed by atoms with E-state index in [0.717, 1.165) is 12.1 Å². The van der Waals surface area contributed by atoms with Crippen LogP contribution in [0.25, 0.3) is 0 Å². The van der Waals surface area contributed by atoms with E-state index in [1.165, 1.54) is 43.3 Å². The van der Waals surface area contributed by atoms with Gasteiger partial charge in [0.15, 0.2) is 0 Å². The molecule has 0 saturated heterocycles. The molecule has 4 atom stereocenters. The zero-order valence-corrected chi connectivity index (χ0v) is 26.8. The first-order valence-electron chi connectivity index (χ1n) is 14.9. The number of non-ortho nitro benzene ring substituents is 1. The van der Waals surface area contributed by atoms with E-state index in [-0.39, 0.29) is 23.5 Å². The molecular weight excluding hydrogens is 648 g/mol. The number of nitrogens with zero attached hydrogens (tertiary/aromatic N) is 1. The molecule has 0 radical (unpaired) electrons. The molecule has 2 rings (SSSR count). The van der Waals surface area contributed by atoms with Crippen LogP contribution in [-0.2, 0) is 40.0 Å². The van der Waals surface area contributed by atoms with Gasteiger partial charge in [0.05, 0.1) is 17.8 Å². The minimum atomic E-state index is -1.61. The van der Waals surface area contributed by atoms with E-state index in [0.29, 0.717) is 5.56 Å². The number of phenols is 1. The maximum atomic E-state index is 13.4. The number of hydrogen-bond acceptors (Lipinski definition) is 10. The largest absolute Gasteiger partial charge is 0.508 e. The van der Waals surface area contributed by atoms with Crippen molar-refractivity contribution in [3.05, 3.63) is 64.2 Å². The molecule has 0 aliphatic heterocycles. The number of nitrogens with one attached hydrogen (secondary N) is 5. The highest BCUT2D eigenvalue weighted by atomic mass is 16.6. The first-order chi connectivity index (χ1) is 23.0. The quantitative estimate of drug-likeness (QED) is 0.0783. The van der Waals surface area contributed by atoms with Crippen LogP contribution in [-0.4, -0.2) is 85.9 Å². The SMILES string of the molecule is CC(C)[C@@H](NC(=O)[C@@H](Cc1ccc(O)cc1)NC(=O)CCC(=O)O)C(=O)N[C@@H](C)C(=O)N[C@@H](CC(=O)O)C(=O)Nc1ccc([N+](=O)[O-])cc1. The summed E-state index contributed by atoms with van der Waals surface area (Å²) in [5.41, 5.74) is 0.377. The van der Waals surface area contributed by atoms with Gasteiger partial charge in [0.25, 0.3) is 5.69 Å². The Bertz CT molecular complexity index is 1550. The number of rotatable bonds is 18. The Morgan fingerprint density at radius 3 is 1.86 bits per heavy atom. The molecule has 2 aromatic rings. The van der Waals surface area contributed by atoms with Crippen molar-refractivity contribution in [3.8, 4) is 5.75 Å². The molecule has 49 heavy (non-hydrogen) atoms. The number of nitro benzene ring substituents is 1. The molecule has 0 bridgehead atoms. The molecule has 18 heteroatoms. The van der Waals surface area contributed by atoms with E-state index in [4.69, 9.17) is 5.11 Å². The number of amides is 5. The number of aliphatic carboxylic acids is 2. The van der Waals surface area contributed by atoms with Crippen molar-refractivity contribution in [2.24, 2.45) is 5.92 Å². The lowest BCUT2D eigenvalue weighted by atomic mass is 10.0. The Balaban J connectivity index is 2.13. The highest BCUT2D eigenvalue weighted by Gasteiger charge is 2.32. The predicted octanol–water partition coefficient (Wildman–Crippen LogP) is 0.436. The summed E-state index contributed by atoms with van der Waals surface area (Å²) in [5, 5.41) is 50.6. The lowest BCUT2D eigenvalue weighted by molar-refractivity contribution is -0.384. The average molecular weight is 687 g/mol. The van der Waals surface area contributed by atoms with Crippen LogP contribution in [0.4, 0.5) is 11.4 Å². The number of carboxylic acids is 2. The average Bonchev–Trinajstić information content (AvgIpc) is 3.02. The number of phenolic OH excluding ortho intramolecular Hbond substituents is 1. The minimum absolute atomic E-state index is 0.0376. The van der Waals surface area contributed by atoms with Gasteiger partial charge in [0.1, 0.15) is 29.9 Å². The number of carbonyl (C=O) groups is 7. The molecule has 264 valence electrons. The van der Waals surface area contributed by atoms with Gasteiger partial charge in [-0.2, -0.15) is 0 Å². The van der Waals surface area contributed by atoms with Crippen molar-refractivity contribution in [3.63, 3.8) is 0 Å². The van der Waals surface area contributed by atoms with E-state index >= 15 is 0 Å². The van der Waals surface area contributed by atoms with Gasteiger partial charge in [-0.05, 0) is 42.7 Å². The molecule has 0 saturated carbocycles. The Morgan fingerprint density at radius 1 is 0.714 bits per heavy atom. The second-order valence-corrected chi connectivity index (χ2v) is 11.3. The summed E-state index contributed by atoms with van der Waals surface area (Å²) in [6.07, 6.45) is -1.81. The van der Waals surface area contributed by atoms with E-state index in [2.05, 4.69) is 26.6 Å². The summed E-state index contributed by atoms with van der Waals surface area (Å²) in [7, 11) is 0. The van der Waals surface area contributed by atoms with Gasteiger partial charge in [0.2, 0.25) is 29.5 Å². The molecule has 0 aromatic heterocycles. The number of anilines is 1. The van der Waals surface area contributed by atoms with Crippen LogP contribution in [0.3, 0.4) is 0 Å². The monoisotopic (exact) mass is 686 g/mol. The zero-order valence-electron chi connectivity index (χ0n) is 26.8. The number of hydrogen-bond donors (Lipinski definition) is 8. The molecule has 0 aliphatic carbocycles. The van der Waals surface area contributed by atoms with Gasteiger partial charge in [0, 0.05) is 30.7 Å². The summed E-state index contributed by atoms with van der Waals surface area (Å²) < 4.78 is 0. The Kier molecular flexibility index (Phi) is 14.6. The molecule has 0 unspecified atom stereocenters. The maximum Gasteiger partial charge on any atom is 0.305 e. The highest BCUT2D eigenvalue weighted by molar-refractivity contribution is 6.00. The van der Waals surface area contributed by atoms with Crippen LogP contribution in [0, 0.1) is 16.0 Å². The van der Waals surface area contributed by atoms with E-state index in [9.17, 15) is 53.9 Å². The molecule has 8 N–H and O–H groups in total. The first kappa shape index (κ1) is 39.1. The summed E-state index contributed by atoms with van der Waals surface area (Å²) in [4.78, 5) is 97.3. The summed E-state index contributed by atoms with van der Waals surface area (Å²) >= 11 is 0. The molecule has 0 fully saturated rings. The van der Waals surface area contributed by atoms with Gasteiger partial charge >= 0.3 is 11.9 Å². The van der Waals surface area contributed by atoms with Gasteiger partial charge < -0.3 is 41.9 Å². The summed E-state index contributed by atoms with van der Waals surface area (Å²) in [5.74, 6) is -7.48. The smallest absolute Gasteiger partial charge is 0.305 e. The zero-order chi connectivity index (χ0) is 36.8. The van der Waals surface area contributed by atoms with Crippen molar-refractivity contribution in [1.82, 2.24) is 21.3 Å². The van der Waals surface area contributed by atoms with E-state index in [1.807, 2.05) is 0 Å². The fraction of sp³-hybridized carbons (Fsp3) is 0.387.